The lowest BCUT2D eigenvalue weighted by Gasteiger charge is -2.25. The molecule has 0 amide bonds. The molecule has 0 aliphatic carbocycles. The summed E-state index contributed by atoms with van der Waals surface area (Å²) in [5.74, 6) is -0.327. The third kappa shape index (κ3) is 5.22. The summed E-state index contributed by atoms with van der Waals surface area (Å²) in [6.07, 6.45) is 2.29. The summed E-state index contributed by atoms with van der Waals surface area (Å²) in [5, 5.41) is 16.9. The molecule has 154 valence electrons. The molecule has 1 aromatic carbocycles. The van der Waals surface area contributed by atoms with Crippen LogP contribution in [-0.2, 0) is 14.6 Å². The molecule has 0 saturated carbocycles. The SMILES string of the molecule is CS(=O)(=O)c1nccc(/C(C(=N)c2ccc(F)cc2)=C(/[OH2+])CN2CCOCC2)n1. The van der Waals surface area contributed by atoms with Gasteiger partial charge in [0.1, 0.15) is 17.9 Å². The normalized spacial score (nSPS) is 16.3. The molecule has 1 aromatic heterocycles. The maximum Gasteiger partial charge on any atom is 0.255 e. The first-order valence-corrected chi connectivity index (χ1v) is 10.8. The minimum absolute atomic E-state index is 0.0404. The lowest BCUT2D eigenvalue weighted by atomic mass is 9.98. The van der Waals surface area contributed by atoms with Crippen LogP contribution in [0.4, 0.5) is 4.39 Å². The van der Waals surface area contributed by atoms with Crippen molar-refractivity contribution < 1.29 is 22.7 Å². The minimum atomic E-state index is -3.66. The highest BCUT2D eigenvalue weighted by Crippen LogP contribution is 2.23. The van der Waals surface area contributed by atoms with E-state index in [2.05, 4.69) is 9.97 Å². The number of hydrogen-bond donors (Lipinski definition) is 1. The fraction of sp³-hybridized carbons (Fsp3) is 0.316. The van der Waals surface area contributed by atoms with Crippen LogP contribution in [-0.4, -0.2) is 73.2 Å². The fourth-order valence-corrected chi connectivity index (χ4v) is 3.43. The number of morpholine rings is 1. The zero-order valence-corrected chi connectivity index (χ0v) is 16.7. The average molecular weight is 421 g/mol. The molecule has 29 heavy (non-hydrogen) atoms. The van der Waals surface area contributed by atoms with Gasteiger partial charge in [-0.15, -0.1) is 0 Å². The van der Waals surface area contributed by atoms with Gasteiger partial charge >= 0.3 is 0 Å². The quantitative estimate of drug-likeness (QED) is 0.320. The van der Waals surface area contributed by atoms with Crippen molar-refractivity contribution in [3.05, 3.63) is 59.4 Å². The Morgan fingerprint density at radius 2 is 1.90 bits per heavy atom. The van der Waals surface area contributed by atoms with Crippen LogP contribution in [0.1, 0.15) is 11.3 Å². The maximum atomic E-state index is 13.3. The van der Waals surface area contributed by atoms with Gasteiger partial charge in [-0.2, -0.15) is 0 Å². The number of aromatic nitrogens is 2. The van der Waals surface area contributed by atoms with Gasteiger partial charge in [0, 0.05) is 31.1 Å². The van der Waals surface area contributed by atoms with E-state index < -0.39 is 15.7 Å². The van der Waals surface area contributed by atoms with E-state index in [0.717, 1.165) is 6.26 Å². The van der Waals surface area contributed by atoms with E-state index in [0.29, 0.717) is 31.9 Å². The van der Waals surface area contributed by atoms with Gasteiger partial charge in [-0.05, 0) is 30.3 Å². The second-order valence-electron chi connectivity index (χ2n) is 6.62. The number of rotatable bonds is 6. The first-order chi connectivity index (χ1) is 13.8. The summed E-state index contributed by atoms with van der Waals surface area (Å²) in [6.45, 7) is 2.67. The van der Waals surface area contributed by atoms with Crippen LogP contribution in [0, 0.1) is 11.2 Å². The predicted molar refractivity (Wildman–Crippen MR) is 106 cm³/mol. The first kappa shape index (κ1) is 21.0. The fourth-order valence-electron chi connectivity index (χ4n) is 2.92. The molecule has 1 aliphatic heterocycles. The van der Waals surface area contributed by atoms with E-state index in [1.54, 1.807) is 0 Å². The van der Waals surface area contributed by atoms with Gasteiger partial charge in [-0.25, -0.2) is 22.8 Å². The number of allylic oxidation sites excluding steroid dienone is 1. The topological polar surface area (TPSA) is 119 Å². The van der Waals surface area contributed by atoms with Crippen molar-refractivity contribution >= 4 is 21.1 Å². The molecule has 8 nitrogen and oxygen atoms in total. The van der Waals surface area contributed by atoms with E-state index in [1.807, 2.05) is 4.90 Å². The van der Waals surface area contributed by atoms with E-state index in [-0.39, 0.29) is 34.4 Å². The number of halogens is 1. The van der Waals surface area contributed by atoms with Gasteiger partial charge in [0.2, 0.25) is 15.0 Å². The highest BCUT2D eigenvalue weighted by Gasteiger charge is 2.25. The molecule has 1 fully saturated rings. The highest BCUT2D eigenvalue weighted by molar-refractivity contribution is 7.90. The van der Waals surface area contributed by atoms with E-state index in [1.165, 1.54) is 36.5 Å². The average Bonchev–Trinajstić information content (AvgIpc) is 2.69. The van der Waals surface area contributed by atoms with Crippen molar-refractivity contribution in [3.8, 4) is 0 Å². The molecule has 0 spiro atoms. The molecule has 3 rings (SSSR count). The molecular weight excluding hydrogens is 399 g/mol. The van der Waals surface area contributed by atoms with Crippen molar-refractivity contribution in [2.24, 2.45) is 0 Å². The summed E-state index contributed by atoms with van der Waals surface area (Å²) in [6, 6.07) is 6.82. The van der Waals surface area contributed by atoms with Crippen molar-refractivity contribution in [1.29, 1.82) is 5.41 Å². The molecule has 1 aliphatic rings. The summed E-state index contributed by atoms with van der Waals surface area (Å²) >= 11 is 0. The third-order valence-corrected chi connectivity index (χ3v) is 5.25. The van der Waals surface area contributed by atoms with E-state index in [9.17, 15) is 12.8 Å². The van der Waals surface area contributed by atoms with Crippen LogP contribution >= 0.6 is 0 Å². The number of nitrogens with one attached hydrogen (secondary N) is 1. The van der Waals surface area contributed by atoms with Crippen molar-refractivity contribution in [3.63, 3.8) is 0 Å². The van der Waals surface area contributed by atoms with Gasteiger partial charge in [0.05, 0.1) is 24.6 Å². The van der Waals surface area contributed by atoms with Gasteiger partial charge in [0.15, 0.2) is 0 Å². The van der Waals surface area contributed by atoms with Gasteiger partial charge in [-0.1, -0.05) is 0 Å². The monoisotopic (exact) mass is 421 g/mol. The van der Waals surface area contributed by atoms with Gasteiger partial charge in [0.25, 0.3) is 5.76 Å². The Morgan fingerprint density at radius 1 is 1.24 bits per heavy atom. The number of nitrogens with zero attached hydrogens (tertiary/aromatic N) is 3. The Bertz CT molecular complexity index is 1030. The molecule has 2 heterocycles. The van der Waals surface area contributed by atoms with Crippen molar-refractivity contribution in [2.45, 2.75) is 5.16 Å². The molecule has 0 radical (unpaired) electrons. The molecule has 1 saturated heterocycles. The van der Waals surface area contributed by atoms with E-state index in [4.69, 9.17) is 15.3 Å². The third-order valence-electron chi connectivity index (χ3n) is 4.39. The van der Waals surface area contributed by atoms with Crippen LogP contribution in [0.2, 0.25) is 0 Å². The smallest absolute Gasteiger partial charge is 0.255 e. The Hall–Kier alpha value is -2.69. The first-order valence-electron chi connectivity index (χ1n) is 8.89. The number of benzene rings is 1. The zero-order valence-electron chi connectivity index (χ0n) is 15.9. The van der Waals surface area contributed by atoms with Crippen LogP contribution < -0.4 is 0 Å². The molecule has 0 atom stereocenters. The molecule has 10 heteroatoms. The minimum Gasteiger partial charge on any atom is -0.595 e. The lowest BCUT2D eigenvalue weighted by Crippen LogP contribution is -2.37. The molecule has 3 N–H and O–H groups in total. The number of hydrogen-bond acceptors (Lipinski definition) is 7. The van der Waals surface area contributed by atoms with Gasteiger partial charge < -0.3 is 9.84 Å². The van der Waals surface area contributed by atoms with E-state index >= 15 is 0 Å². The molecule has 2 aromatic rings. The molecule has 0 unspecified atom stereocenters. The highest BCUT2D eigenvalue weighted by atomic mass is 32.2. The Kier molecular flexibility index (Phi) is 6.36. The largest absolute Gasteiger partial charge is 0.595 e. The van der Waals surface area contributed by atoms with Crippen molar-refractivity contribution in [1.82, 2.24) is 14.9 Å². The van der Waals surface area contributed by atoms with Crippen LogP contribution in [0.3, 0.4) is 0 Å². The molecular formula is C19H22FN4O4S+. The zero-order chi connectivity index (χ0) is 21.0. The van der Waals surface area contributed by atoms with Crippen LogP contribution in [0.15, 0.2) is 47.4 Å². The molecule has 0 bridgehead atoms. The maximum absolute atomic E-state index is 13.3. The second-order valence-corrected chi connectivity index (χ2v) is 8.53. The second kappa shape index (κ2) is 8.76. The van der Waals surface area contributed by atoms with Crippen molar-refractivity contribution in [2.75, 3.05) is 39.1 Å². The summed E-state index contributed by atoms with van der Waals surface area (Å²) in [5.41, 5.74) is 0.692. The summed E-state index contributed by atoms with van der Waals surface area (Å²) < 4.78 is 42.4. The summed E-state index contributed by atoms with van der Waals surface area (Å²) in [4.78, 5) is 9.89. The Balaban J connectivity index is 2.07. The summed E-state index contributed by atoms with van der Waals surface area (Å²) in [7, 11) is -3.66. The lowest BCUT2D eigenvalue weighted by molar-refractivity contribution is 0.0381. The van der Waals surface area contributed by atoms with Crippen LogP contribution in [0.25, 0.3) is 5.57 Å². The van der Waals surface area contributed by atoms with Crippen LogP contribution in [0.5, 0.6) is 0 Å². The number of sulfone groups is 1. The Morgan fingerprint density at radius 3 is 2.52 bits per heavy atom. The Labute approximate surface area is 168 Å². The predicted octanol–water partition coefficient (Wildman–Crippen LogP) is 0.855. The standard InChI is InChI=1S/C19H21FN4O4S/c1-29(26,27)19-22-7-6-15(23-19)17(16(25)12-24-8-10-28-11-9-24)18(21)13-2-4-14(20)5-3-13/h2-7,21,25H,8-12H2,1H3/p+1/b17-16-,21-18?. The van der Waals surface area contributed by atoms with Gasteiger partial charge in [-0.3, -0.25) is 10.3 Å². The number of ether oxygens (including phenoxy) is 1.